The predicted octanol–water partition coefficient (Wildman–Crippen LogP) is 3.00. The van der Waals surface area contributed by atoms with Crippen LogP contribution in [0.4, 0.5) is 5.69 Å². The molecule has 2 N–H and O–H groups in total. The number of amides is 1. The number of hydrogen-bond donors (Lipinski definition) is 2. The van der Waals surface area contributed by atoms with Crippen molar-refractivity contribution in [3.05, 3.63) is 78.6 Å². The highest BCUT2D eigenvalue weighted by molar-refractivity contribution is 5.92. The number of aromatic nitrogens is 1. The molecule has 1 aromatic heterocycles. The van der Waals surface area contributed by atoms with Crippen molar-refractivity contribution < 1.29 is 19.4 Å². The number of β-amino-alcohol motifs (C(OH)–C–C–N with tert-alkyl or cyclic N) is 1. The average Bonchev–Trinajstić information content (AvgIpc) is 3.21. The summed E-state index contributed by atoms with van der Waals surface area (Å²) in [5, 5.41) is 13.5. The zero-order chi connectivity index (χ0) is 23.9. The zero-order valence-corrected chi connectivity index (χ0v) is 19.4. The number of nitrogens with one attached hydrogen (secondary N) is 1. The molecule has 1 saturated heterocycles. The van der Waals surface area contributed by atoms with Crippen molar-refractivity contribution in [2.45, 2.75) is 18.7 Å². The van der Waals surface area contributed by atoms with E-state index in [0.29, 0.717) is 36.8 Å². The van der Waals surface area contributed by atoms with Gasteiger partial charge in [0.2, 0.25) is 5.91 Å². The van der Waals surface area contributed by atoms with E-state index in [9.17, 15) is 9.90 Å². The summed E-state index contributed by atoms with van der Waals surface area (Å²) < 4.78 is 10.9. The van der Waals surface area contributed by atoms with Gasteiger partial charge >= 0.3 is 0 Å². The van der Waals surface area contributed by atoms with Gasteiger partial charge in [-0.1, -0.05) is 12.1 Å². The number of nitrogens with zero attached hydrogens (tertiary/aromatic N) is 3. The lowest BCUT2D eigenvalue weighted by molar-refractivity contribution is -0.117. The molecule has 0 radical (unpaired) electrons. The largest absolute Gasteiger partial charge is 0.497 e. The second-order valence-corrected chi connectivity index (χ2v) is 8.46. The molecule has 8 heteroatoms. The topological polar surface area (TPSA) is 87.2 Å². The quantitative estimate of drug-likeness (QED) is 0.506. The van der Waals surface area contributed by atoms with E-state index in [0.717, 1.165) is 11.3 Å². The van der Waals surface area contributed by atoms with Gasteiger partial charge in [-0.05, 0) is 61.1 Å². The number of carbonyl (C=O) groups is 1. The Bertz CT molecular complexity index is 1060. The summed E-state index contributed by atoms with van der Waals surface area (Å²) >= 11 is 0. The van der Waals surface area contributed by atoms with Crippen molar-refractivity contribution >= 4 is 11.6 Å². The number of hydrogen-bond acceptors (Lipinski definition) is 7. The molecule has 4 rings (SSSR count). The van der Waals surface area contributed by atoms with Crippen molar-refractivity contribution in [1.29, 1.82) is 0 Å². The highest BCUT2D eigenvalue weighted by Gasteiger charge is 2.34. The van der Waals surface area contributed by atoms with Gasteiger partial charge in [0.1, 0.15) is 17.2 Å². The number of carbonyl (C=O) groups excluding carboxylic acids is 1. The van der Waals surface area contributed by atoms with Crippen LogP contribution in [0.5, 0.6) is 17.2 Å². The number of likely N-dealkylation sites (N-methyl/N-ethyl adjacent to an activating group) is 1. The fraction of sp³-hybridized carbons (Fsp3) is 0.308. The van der Waals surface area contributed by atoms with Crippen LogP contribution in [0.15, 0.2) is 73.1 Å². The summed E-state index contributed by atoms with van der Waals surface area (Å²) in [5.41, 5.74) is 1.83. The summed E-state index contributed by atoms with van der Waals surface area (Å²) in [6, 6.07) is 18.7. The summed E-state index contributed by atoms with van der Waals surface area (Å²) in [6.45, 7) is 2.01. The van der Waals surface area contributed by atoms with Crippen LogP contribution in [0, 0.1) is 0 Å². The Kier molecular flexibility index (Phi) is 7.74. The van der Waals surface area contributed by atoms with Gasteiger partial charge in [-0.15, -0.1) is 0 Å². The van der Waals surface area contributed by atoms with Gasteiger partial charge in [-0.25, -0.2) is 0 Å². The average molecular weight is 463 g/mol. The maximum atomic E-state index is 12.6. The second-order valence-electron chi connectivity index (χ2n) is 8.46. The monoisotopic (exact) mass is 462 g/mol. The van der Waals surface area contributed by atoms with E-state index < -0.39 is 6.10 Å². The molecule has 2 atom stereocenters. The minimum atomic E-state index is -0.514. The van der Waals surface area contributed by atoms with Crippen LogP contribution < -0.4 is 14.8 Å². The Morgan fingerprint density at radius 1 is 1.09 bits per heavy atom. The Hall–Kier alpha value is -3.46. The summed E-state index contributed by atoms with van der Waals surface area (Å²) in [6.07, 6.45) is 2.81. The van der Waals surface area contributed by atoms with Gasteiger partial charge in [0, 0.05) is 37.6 Å². The lowest BCUT2D eigenvalue weighted by Gasteiger charge is -2.26. The molecule has 3 aromatic rings. The molecule has 34 heavy (non-hydrogen) atoms. The fourth-order valence-electron chi connectivity index (χ4n) is 4.10. The Morgan fingerprint density at radius 3 is 2.50 bits per heavy atom. The Morgan fingerprint density at radius 2 is 1.82 bits per heavy atom. The molecule has 2 aromatic carbocycles. The lowest BCUT2D eigenvalue weighted by Crippen LogP contribution is -2.40. The Labute approximate surface area is 199 Å². The fourth-order valence-corrected chi connectivity index (χ4v) is 4.10. The van der Waals surface area contributed by atoms with Gasteiger partial charge in [0.25, 0.3) is 0 Å². The van der Waals surface area contributed by atoms with Crippen molar-refractivity contribution in [1.82, 2.24) is 14.8 Å². The smallest absolute Gasteiger partial charge is 0.238 e. The van der Waals surface area contributed by atoms with Crippen molar-refractivity contribution in [2.24, 2.45) is 0 Å². The number of anilines is 1. The van der Waals surface area contributed by atoms with E-state index in [1.807, 2.05) is 42.3 Å². The molecule has 0 spiro atoms. The van der Waals surface area contributed by atoms with E-state index in [-0.39, 0.29) is 18.5 Å². The van der Waals surface area contributed by atoms with Crippen LogP contribution in [0.25, 0.3) is 0 Å². The standard InChI is InChI=1S/C26H30N4O4/c1-29(15-19-5-9-21(33-2)10-6-19)24-16-30(17-25(24)31)18-26(32)28-20-7-11-22(12-8-20)34-23-4-3-13-27-14-23/h3-14,24-25,31H,15-18H2,1-2H3,(H,28,32)/t24-,25-/m0/s1. The minimum Gasteiger partial charge on any atom is -0.497 e. The number of benzene rings is 2. The van der Waals surface area contributed by atoms with Gasteiger partial charge in [-0.3, -0.25) is 19.6 Å². The summed E-state index contributed by atoms with van der Waals surface area (Å²) in [7, 11) is 3.64. The molecule has 2 heterocycles. The van der Waals surface area contributed by atoms with E-state index >= 15 is 0 Å². The van der Waals surface area contributed by atoms with Crippen LogP contribution in [-0.2, 0) is 11.3 Å². The van der Waals surface area contributed by atoms with E-state index in [2.05, 4.69) is 15.2 Å². The maximum absolute atomic E-state index is 12.6. The molecule has 0 saturated carbocycles. The first-order valence-corrected chi connectivity index (χ1v) is 11.2. The molecule has 1 amide bonds. The van der Waals surface area contributed by atoms with Crippen LogP contribution in [0.3, 0.4) is 0 Å². The molecule has 1 fully saturated rings. The number of aliphatic hydroxyl groups excluding tert-OH is 1. The summed E-state index contributed by atoms with van der Waals surface area (Å²) in [5.74, 6) is 2.02. The van der Waals surface area contributed by atoms with Crippen LogP contribution in [0.2, 0.25) is 0 Å². The molecule has 0 aliphatic carbocycles. The van der Waals surface area contributed by atoms with E-state index in [1.165, 1.54) is 0 Å². The molecule has 0 unspecified atom stereocenters. The number of likely N-dealkylation sites (tertiary alicyclic amines) is 1. The first-order valence-electron chi connectivity index (χ1n) is 11.2. The highest BCUT2D eigenvalue weighted by atomic mass is 16.5. The van der Waals surface area contributed by atoms with Gasteiger partial charge in [-0.2, -0.15) is 0 Å². The summed E-state index contributed by atoms with van der Waals surface area (Å²) in [4.78, 5) is 20.7. The predicted molar refractivity (Wildman–Crippen MR) is 130 cm³/mol. The molecular weight excluding hydrogens is 432 g/mol. The first kappa shape index (κ1) is 23.7. The van der Waals surface area contributed by atoms with Crippen LogP contribution in [0.1, 0.15) is 5.56 Å². The van der Waals surface area contributed by atoms with Crippen molar-refractivity contribution in [3.8, 4) is 17.2 Å². The minimum absolute atomic E-state index is 0.0428. The third-order valence-electron chi connectivity index (χ3n) is 5.87. The number of rotatable bonds is 9. The maximum Gasteiger partial charge on any atom is 0.238 e. The number of ether oxygens (including phenoxy) is 2. The highest BCUT2D eigenvalue weighted by Crippen LogP contribution is 2.23. The van der Waals surface area contributed by atoms with Gasteiger partial charge in [0.15, 0.2) is 0 Å². The molecule has 178 valence electrons. The lowest BCUT2D eigenvalue weighted by atomic mass is 10.1. The molecule has 1 aliphatic rings. The third-order valence-corrected chi connectivity index (χ3v) is 5.87. The second kappa shape index (κ2) is 11.1. The van der Waals surface area contributed by atoms with Gasteiger partial charge < -0.3 is 19.9 Å². The normalized spacial score (nSPS) is 18.1. The zero-order valence-electron chi connectivity index (χ0n) is 19.4. The number of aliphatic hydroxyl groups is 1. The van der Waals surface area contributed by atoms with Crippen molar-refractivity contribution in [2.75, 3.05) is 39.1 Å². The molecule has 0 bridgehead atoms. The van der Waals surface area contributed by atoms with E-state index in [1.54, 1.807) is 49.8 Å². The molecule has 8 nitrogen and oxygen atoms in total. The van der Waals surface area contributed by atoms with E-state index in [4.69, 9.17) is 9.47 Å². The number of pyridine rings is 1. The molecule has 1 aliphatic heterocycles. The number of methoxy groups -OCH3 is 1. The molecular formula is C26H30N4O4. The van der Waals surface area contributed by atoms with Crippen molar-refractivity contribution in [3.63, 3.8) is 0 Å². The first-order chi connectivity index (χ1) is 16.5. The third kappa shape index (κ3) is 6.32. The Balaban J connectivity index is 1.25. The SMILES string of the molecule is COc1ccc(CN(C)[C@H]2CN(CC(=O)Nc3ccc(Oc4cccnc4)cc3)C[C@@H]2O)cc1. The van der Waals surface area contributed by atoms with Gasteiger partial charge in [0.05, 0.1) is 26.0 Å². The van der Waals surface area contributed by atoms with Crippen LogP contribution in [-0.4, -0.2) is 71.7 Å². The van der Waals surface area contributed by atoms with Crippen LogP contribution >= 0.6 is 0 Å².